The summed E-state index contributed by atoms with van der Waals surface area (Å²) in [5, 5.41) is 0. The van der Waals surface area contributed by atoms with E-state index in [1.54, 1.807) is 19.2 Å². The second kappa shape index (κ2) is 12.3. The molecule has 1 aliphatic heterocycles. The van der Waals surface area contributed by atoms with E-state index >= 15 is 0 Å². The standard InChI is InChI=1S/C30H31FO4.C2H6/c1-33-24-13-14-27(31)26(17-24)20-6-8-21(9-7-20)28-15-12-22-10-11-23(16-29(22)35-28)25(18-30(32)34-2)19-4-3-5-19;1-2/h6-11,13-14,16-17,19,25,28H,3-5,12,15,18H2,1-2H3;1-2H3. The molecule has 1 heterocycles. The van der Waals surface area contributed by atoms with Crippen molar-refractivity contribution in [2.75, 3.05) is 14.2 Å². The molecule has 2 aliphatic rings. The molecule has 2 atom stereocenters. The van der Waals surface area contributed by atoms with Crippen LogP contribution in [0.25, 0.3) is 11.1 Å². The summed E-state index contributed by atoms with van der Waals surface area (Å²) in [7, 11) is 3.03. The molecule has 3 aromatic rings. The highest BCUT2D eigenvalue weighted by Gasteiger charge is 2.32. The van der Waals surface area contributed by atoms with Crippen molar-refractivity contribution in [3.05, 3.63) is 83.2 Å². The number of ether oxygens (including phenoxy) is 3. The molecular formula is C32H37FO4. The van der Waals surface area contributed by atoms with Crippen LogP contribution in [0.2, 0.25) is 0 Å². The second-order valence-corrected chi connectivity index (χ2v) is 9.56. The number of hydrogen-bond donors (Lipinski definition) is 0. The Balaban J connectivity index is 0.00000156. The van der Waals surface area contributed by atoms with Crippen molar-refractivity contribution in [3.63, 3.8) is 0 Å². The predicted octanol–water partition coefficient (Wildman–Crippen LogP) is 8.04. The van der Waals surface area contributed by atoms with Crippen LogP contribution in [0, 0.1) is 11.7 Å². The van der Waals surface area contributed by atoms with Gasteiger partial charge in [-0.05, 0) is 84.0 Å². The average molecular weight is 505 g/mol. The zero-order chi connectivity index (χ0) is 26.4. The van der Waals surface area contributed by atoms with Crippen LogP contribution in [0.1, 0.15) is 74.7 Å². The van der Waals surface area contributed by atoms with Gasteiger partial charge in [0.2, 0.25) is 0 Å². The zero-order valence-electron chi connectivity index (χ0n) is 22.3. The number of benzene rings is 3. The summed E-state index contributed by atoms with van der Waals surface area (Å²) in [6, 6.07) is 19.1. The summed E-state index contributed by atoms with van der Waals surface area (Å²) in [4.78, 5) is 12.1. The van der Waals surface area contributed by atoms with Gasteiger partial charge in [-0.15, -0.1) is 0 Å². The molecule has 37 heavy (non-hydrogen) atoms. The molecule has 1 saturated carbocycles. The van der Waals surface area contributed by atoms with Gasteiger partial charge in [0.25, 0.3) is 0 Å². The van der Waals surface area contributed by atoms with Crippen LogP contribution in [0.4, 0.5) is 4.39 Å². The Morgan fingerprint density at radius 3 is 2.41 bits per heavy atom. The maximum atomic E-state index is 14.4. The zero-order valence-corrected chi connectivity index (χ0v) is 22.3. The fourth-order valence-electron chi connectivity index (χ4n) is 5.24. The molecule has 0 bridgehead atoms. The topological polar surface area (TPSA) is 44.8 Å². The van der Waals surface area contributed by atoms with Crippen molar-refractivity contribution in [1.82, 2.24) is 0 Å². The lowest BCUT2D eigenvalue weighted by molar-refractivity contribution is -0.141. The molecule has 196 valence electrons. The Bertz CT molecular complexity index is 1200. The first-order valence-corrected chi connectivity index (χ1v) is 13.4. The van der Waals surface area contributed by atoms with Gasteiger partial charge in [0.05, 0.1) is 20.6 Å². The van der Waals surface area contributed by atoms with Crippen LogP contribution >= 0.6 is 0 Å². The molecule has 0 saturated heterocycles. The summed E-state index contributed by atoms with van der Waals surface area (Å²) < 4.78 is 31.1. The molecule has 0 N–H and O–H groups in total. The van der Waals surface area contributed by atoms with Crippen molar-refractivity contribution in [2.24, 2.45) is 5.92 Å². The van der Waals surface area contributed by atoms with E-state index in [-0.39, 0.29) is 23.8 Å². The third-order valence-corrected chi connectivity index (χ3v) is 7.56. The van der Waals surface area contributed by atoms with Crippen molar-refractivity contribution in [2.45, 2.75) is 64.4 Å². The lowest BCUT2D eigenvalue weighted by Crippen LogP contribution is -2.24. The molecule has 1 fully saturated rings. The Kier molecular flexibility index (Phi) is 8.86. The molecule has 1 aliphatic carbocycles. The first kappa shape index (κ1) is 26.7. The predicted molar refractivity (Wildman–Crippen MR) is 145 cm³/mol. The molecule has 0 radical (unpaired) electrons. The van der Waals surface area contributed by atoms with Gasteiger partial charge in [0, 0.05) is 5.56 Å². The number of hydrogen-bond acceptors (Lipinski definition) is 4. The van der Waals surface area contributed by atoms with E-state index in [4.69, 9.17) is 14.2 Å². The smallest absolute Gasteiger partial charge is 0.306 e. The van der Waals surface area contributed by atoms with E-state index in [9.17, 15) is 9.18 Å². The van der Waals surface area contributed by atoms with Crippen LogP contribution in [0.15, 0.2) is 60.7 Å². The maximum absolute atomic E-state index is 14.4. The van der Waals surface area contributed by atoms with Crippen molar-refractivity contribution < 1.29 is 23.4 Å². The van der Waals surface area contributed by atoms with Crippen LogP contribution in [-0.2, 0) is 16.0 Å². The fourth-order valence-corrected chi connectivity index (χ4v) is 5.24. The first-order valence-electron chi connectivity index (χ1n) is 13.4. The third-order valence-electron chi connectivity index (χ3n) is 7.56. The molecule has 2 unspecified atom stereocenters. The molecule has 3 aromatic carbocycles. The Morgan fingerprint density at radius 2 is 1.76 bits per heavy atom. The average Bonchev–Trinajstić information content (AvgIpc) is 2.92. The number of halogens is 1. The molecular weight excluding hydrogens is 467 g/mol. The monoisotopic (exact) mass is 504 g/mol. The number of esters is 1. The van der Waals surface area contributed by atoms with Gasteiger partial charge in [0.1, 0.15) is 23.4 Å². The van der Waals surface area contributed by atoms with Crippen LogP contribution in [-0.4, -0.2) is 20.2 Å². The summed E-state index contributed by atoms with van der Waals surface area (Å²) in [6.45, 7) is 4.00. The minimum atomic E-state index is -0.276. The van der Waals surface area contributed by atoms with E-state index in [1.165, 1.54) is 25.2 Å². The number of aryl methyl sites for hydroxylation is 1. The van der Waals surface area contributed by atoms with E-state index in [2.05, 4.69) is 18.2 Å². The first-order chi connectivity index (χ1) is 18.1. The second-order valence-electron chi connectivity index (χ2n) is 9.56. The maximum Gasteiger partial charge on any atom is 0.306 e. The normalized spacial score (nSPS) is 17.3. The van der Waals surface area contributed by atoms with Gasteiger partial charge in [-0.1, -0.05) is 56.7 Å². The van der Waals surface area contributed by atoms with Gasteiger partial charge in [-0.2, -0.15) is 0 Å². The van der Waals surface area contributed by atoms with Crippen molar-refractivity contribution in [3.8, 4) is 22.6 Å². The van der Waals surface area contributed by atoms with Crippen LogP contribution < -0.4 is 9.47 Å². The molecule has 4 nitrogen and oxygen atoms in total. The lowest BCUT2D eigenvalue weighted by atomic mass is 9.71. The van der Waals surface area contributed by atoms with Crippen molar-refractivity contribution >= 4 is 5.97 Å². The molecule has 0 amide bonds. The quantitative estimate of drug-likeness (QED) is 0.305. The molecule has 0 spiro atoms. The third kappa shape index (κ3) is 5.98. The van der Waals surface area contributed by atoms with E-state index in [1.807, 2.05) is 38.1 Å². The van der Waals surface area contributed by atoms with Crippen molar-refractivity contribution in [1.29, 1.82) is 0 Å². The fraction of sp³-hybridized carbons (Fsp3) is 0.406. The molecule has 5 heteroatoms. The Hall–Kier alpha value is -3.34. The SMILES string of the molecule is CC.COC(=O)CC(c1ccc2c(c1)OC(c1ccc(-c3cc(OC)ccc3F)cc1)CC2)C1CCC1. The van der Waals surface area contributed by atoms with E-state index in [0.717, 1.165) is 48.1 Å². The number of carbonyl (C=O) groups excluding carboxylic acids is 1. The van der Waals surface area contributed by atoms with Crippen LogP contribution in [0.5, 0.6) is 11.5 Å². The minimum absolute atomic E-state index is 0.0651. The minimum Gasteiger partial charge on any atom is -0.497 e. The van der Waals surface area contributed by atoms with Gasteiger partial charge in [-0.25, -0.2) is 4.39 Å². The summed E-state index contributed by atoms with van der Waals surface area (Å²) in [5.74, 6) is 1.78. The number of methoxy groups -OCH3 is 2. The van der Waals surface area contributed by atoms with E-state index in [0.29, 0.717) is 23.7 Å². The van der Waals surface area contributed by atoms with Gasteiger partial charge in [0.15, 0.2) is 0 Å². The van der Waals surface area contributed by atoms with Gasteiger partial charge in [-0.3, -0.25) is 4.79 Å². The Labute approximate surface area is 219 Å². The highest BCUT2D eigenvalue weighted by atomic mass is 19.1. The lowest BCUT2D eigenvalue weighted by Gasteiger charge is -2.34. The summed E-state index contributed by atoms with van der Waals surface area (Å²) >= 11 is 0. The molecule has 5 rings (SSSR count). The highest BCUT2D eigenvalue weighted by molar-refractivity contribution is 5.70. The number of fused-ring (bicyclic) bond motifs is 1. The number of rotatable bonds is 7. The van der Waals surface area contributed by atoms with Crippen LogP contribution in [0.3, 0.4) is 0 Å². The largest absolute Gasteiger partial charge is 0.497 e. The molecule has 0 aromatic heterocycles. The van der Waals surface area contributed by atoms with E-state index < -0.39 is 0 Å². The van der Waals surface area contributed by atoms with Gasteiger partial charge < -0.3 is 14.2 Å². The van der Waals surface area contributed by atoms with Gasteiger partial charge >= 0.3 is 5.97 Å². The Morgan fingerprint density at radius 1 is 1.00 bits per heavy atom. The summed E-state index contributed by atoms with van der Waals surface area (Å²) in [6.07, 6.45) is 5.69. The highest BCUT2D eigenvalue weighted by Crippen LogP contribution is 2.44. The number of carbonyl (C=O) groups is 1. The summed E-state index contributed by atoms with van der Waals surface area (Å²) in [5.41, 5.74) is 4.74.